The molecule has 16 nitrogen and oxygen atoms in total. The lowest BCUT2D eigenvalue weighted by atomic mass is 9.86. The summed E-state index contributed by atoms with van der Waals surface area (Å²) < 4.78 is 34.6. The number of allylic oxidation sites excluding steroid dienone is 12. The summed E-state index contributed by atoms with van der Waals surface area (Å²) in [6, 6.07) is 2.25. The molecule has 2 fully saturated rings. The van der Waals surface area contributed by atoms with Crippen LogP contribution in [0.15, 0.2) is 109 Å². The summed E-state index contributed by atoms with van der Waals surface area (Å²) in [4.78, 5) is 25.7. The smallest absolute Gasteiger partial charge is 0.331 e. The van der Waals surface area contributed by atoms with E-state index in [1.54, 1.807) is 36.5 Å². The maximum atomic E-state index is 13.3. The Balaban J connectivity index is 1.52. The molecule has 8 N–H and O–H groups in total. The van der Waals surface area contributed by atoms with Crippen molar-refractivity contribution in [3.8, 4) is 11.5 Å². The minimum absolute atomic E-state index is 0.114. The van der Waals surface area contributed by atoms with Crippen molar-refractivity contribution in [1.29, 1.82) is 0 Å². The number of fused-ring (bicyclic) bond motifs is 2. The Morgan fingerprint density at radius 2 is 1.44 bits per heavy atom. The van der Waals surface area contributed by atoms with E-state index in [0.717, 1.165) is 43.9 Å². The molecule has 1 aromatic rings. The summed E-state index contributed by atoms with van der Waals surface area (Å²) in [5.41, 5.74) is 0.104. The molecule has 0 aromatic heterocycles. The number of phenolic OH excluding ortho intramolecular Hbond substituents is 2. The molecule has 11 atom stereocenters. The van der Waals surface area contributed by atoms with E-state index in [0.29, 0.717) is 0 Å². The van der Waals surface area contributed by atoms with Crippen molar-refractivity contribution >= 4 is 11.9 Å². The van der Waals surface area contributed by atoms with Gasteiger partial charge in [0.1, 0.15) is 54.7 Å². The summed E-state index contributed by atoms with van der Waals surface area (Å²) in [6.07, 6.45) is 13.4. The fourth-order valence-electron chi connectivity index (χ4n) is 6.66. The van der Waals surface area contributed by atoms with Gasteiger partial charge in [-0.1, -0.05) is 112 Å². The minimum Gasteiger partial charge on any atom is -0.508 e. The highest BCUT2D eigenvalue weighted by Gasteiger charge is 2.63. The SMILES string of the molecule is CCCC=CC=CC=CC(=O)OC[C@@H]1O[C@H](O[C@@H]2[C@@H](OC(=O)C=CC=CC[C@H](O)C=CC=CC=CCCC)[C@@H](O)[C@@]3(OCc4cc(O)cc(O)c43)O[C@@H]2CO)[C@@H](O)[C@@H](O)[C@H]1O. The van der Waals surface area contributed by atoms with Crippen LogP contribution >= 0.6 is 0 Å². The van der Waals surface area contributed by atoms with E-state index in [-0.39, 0.29) is 29.9 Å². The van der Waals surface area contributed by atoms with Gasteiger partial charge in [-0.3, -0.25) is 0 Å². The number of unbranched alkanes of at least 4 members (excludes halogenated alkanes) is 2. The van der Waals surface area contributed by atoms with Crippen molar-refractivity contribution in [3.05, 3.63) is 120 Å². The van der Waals surface area contributed by atoms with Crippen molar-refractivity contribution in [2.24, 2.45) is 0 Å². The summed E-state index contributed by atoms with van der Waals surface area (Å²) >= 11 is 0. The van der Waals surface area contributed by atoms with Crippen LogP contribution in [-0.2, 0) is 50.4 Å². The Hall–Kier alpha value is -4.72. The highest BCUT2D eigenvalue weighted by atomic mass is 16.8. The number of carbonyl (C=O) groups is 2. The number of hydrogen-bond donors (Lipinski definition) is 8. The molecular weight excluding hydrogens is 796 g/mol. The van der Waals surface area contributed by atoms with Gasteiger partial charge in [0.05, 0.1) is 24.9 Å². The molecule has 0 unspecified atom stereocenters. The topological polar surface area (TPSA) is 251 Å². The van der Waals surface area contributed by atoms with Crippen LogP contribution in [-0.4, -0.2) is 127 Å². The first-order valence-electron chi connectivity index (χ1n) is 20.3. The number of phenols is 2. The van der Waals surface area contributed by atoms with E-state index in [2.05, 4.69) is 6.92 Å². The maximum absolute atomic E-state index is 13.3. The van der Waals surface area contributed by atoms with E-state index < -0.39 is 97.9 Å². The molecule has 3 heterocycles. The van der Waals surface area contributed by atoms with Crippen LogP contribution in [0.5, 0.6) is 11.5 Å². The van der Waals surface area contributed by atoms with Gasteiger partial charge >= 0.3 is 11.9 Å². The van der Waals surface area contributed by atoms with Crippen molar-refractivity contribution in [2.45, 2.75) is 120 Å². The molecule has 0 aliphatic carbocycles. The van der Waals surface area contributed by atoms with Crippen LogP contribution in [0.25, 0.3) is 0 Å². The molecule has 4 rings (SSSR count). The summed E-state index contributed by atoms with van der Waals surface area (Å²) in [6.45, 7) is 2.37. The average molecular weight is 855 g/mol. The standard InChI is InChI=1S/C45H58O16/c1-3-5-7-9-11-13-16-20-30(47)21-17-15-19-23-36(51)59-42-41(33(26-46)61-45(43(42)55)37-29(27-57-45)24-31(48)25-32(37)49)60-44-40(54)39(53)38(52)34(58-44)28-56-35(50)22-18-14-12-10-8-6-4-2/h7-20,22-25,30,33-34,38-44,46-49,52-55H,3-6,21,26-28H2,1-2H3/t30-,33-,34+,38+,39+,40+,41+,42-,43-,44-,45+/m1/s1. The Morgan fingerprint density at radius 3 is 2.13 bits per heavy atom. The van der Waals surface area contributed by atoms with Crippen LogP contribution in [0.2, 0.25) is 0 Å². The lowest BCUT2D eigenvalue weighted by Gasteiger charge is -2.50. The predicted octanol–water partition coefficient (Wildman–Crippen LogP) is 2.98. The molecule has 3 aliphatic rings. The number of benzene rings is 1. The van der Waals surface area contributed by atoms with E-state index in [1.807, 2.05) is 37.3 Å². The van der Waals surface area contributed by atoms with Crippen LogP contribution in [0, 0.1) is 0 Å². The largest absolute Gasteiger partial charge is 0.508 e. The van der Waals surface area contributed by atoms with Crippen molar-refractivity contribution in [1.82, 2.24) is 0 Å². The van der Waals surface area contributed by atoms with Gasteiger partial charge in [0, 0.05) is 18.2 Å². The molecule has 1 aromatic carbocycles. The number of aliphatic hydroxyl groups excluding tert-OH is 6. The summed E-state index contributed by atoms with van der Waals surface area (Å²) in [5, 5.41) is 86.2. The molecule has 0 amide bonds. The van der Waals surface area contributed by atoms with E-state index in [4.69, 9.17) is 28.4 Å². The molecule has 0 saturated carbocycles. The predicted molar refractivity (Wildman–Crippen MR) is 220 cm³/mol. The Bertz CT molecular complexity index is 1810. The Kier molecular flexibility index (Phi) is 19.8. The zero-order chi connectivity index (χ0) is 44.4. The Labute approximate surface area is 354 Å². The number of hydrogen-bond acceptors (Lipinski definition) is 16. The first kappa shape index (κ1) is 48.9. The average Bonchev–Trinajstić information content (AvgIpc) is 3.60. The first-order valence-corrected chi connectivity index (χ1v) is 20.3. The van der Waals surface area contributed by atoms with Crippen molar-refractivity contribution in [2.75, 3.05) is 13.2 Å². The zero-order valence-electron chi connectivity index (χ0n) is 34.2. The van der Waals surface area contributed by atoms with Gasteiger partial charge in [-0.2, -0.15) is 0 Å². The number of esters is 2. The van der Waals surface area contributed by atoms with Gasteiger partial charge in [-0.05, 0) is 30.9 Å². The molecule has 16 heteroatoms. The number of aliphatic hydroxyl groups is 6. The van der Waals surface area contributed by atoms with Gasteiger partial charge in [0.2, 0.25) is 5.79 Å². The molecule has 0 bridgehead atoms. The fraction of sp³-hybridized carbons (Fsp3) is 0.467. The number of rotatable bonds is 20. The van der Waals surface area contributed by atoms with Crippen molar-refractivity contribution < 1.29 is 78.9 Å². The molecular formula is C45H58O16. The zero-order valence-corrected chi connectivity index (χ0v) is 34.2. The number of aromatic hydroxyl groups is 2. The Morgan fingerprint density at radius 1 is 0.803 bits per heavy atom. The molecule has 3 aliphatic heterocycles. The molecule has 61 heavy (non-hydrogen) atoms. The maximum Gasteiger partial charge on any atom is 0.331 e. The van der Waals surface area contributed by atoms with Crippen LogP contribution in [0.1, 0.15) is 57.1 Å². The summed E-state index contributed by atoms with van der Waals surface area (Å²) in [7, 11) is 0. The molecule has 334 valence electrons. The first-order chi connectivity index (χ1) is 29.4. The fourth-order valence-corrected chi connectivity index (χ4v) is 6.66. The number of carbonyl (C=O) groups excluding carboxylic acids is 2. The highest BCUT2D eigenvalue weighted by molar-refractivity contribution is 5.82. The van der Waals surface area contributed by atoms with E-state index in [9.17, 15) is 50.4 Å². The molecule has 1 spiro atoms. The molecule has 2 saturated heterocycles. The third-order valence-corrected chi connectivity index (χ3v) is 9.75. The lowest BCUT2D eigenvalue weighted by molar-refractivity contribution is -0.395. The van der Waals surface area contributed by atoms with Gasteiger partial charge in [-0.15, -0.1) is 0 Å². The van der Waals surface area contributed by atoms with Gasteiger partial charge < -0.3 is 69.3 Å². The second-order valence-electron chi connectivity index (χ2n) is 14.4. The van der Waals surface area contributed by atoms with E-state index in [1.165, 1.54) is 24.3 Å². The monoisotopic (exact) mass is 854 g/mol. The van der Waals surface area contributed by atoms with Gasteiger partial charge in [0.15, 0.2) is 18.5 Å². The van der Waals surface area contributed by atoms with Crippen LogP contribution < -0.4 is 0 Å². The third kappa shape index (κ3) is 13.6. The normalized spacial score (nSPS) is 30.1. The van der Waals surface area contributed by atoms with Gasteiger partial charge in [0.25, 0.3) is 0 Å². The second-order valence-corrected chi connectivity index (χ2v) is 14.4. The summed E-state index contributed by atoms with van der Waals surface area (Å²) in [5.74, 6) is -4.96. The number of ether oxygens (including phenoxy) is 6. The van der Waals surface area contributed by atoms with Crippen LogP contribution in [0.3, 0.4) is 0 Å². The second kappa shape index (κ2) is 24.7. The lowest BCUT2D eigenvalue weighted by Crippen LogP contribution is -2.67. The molecule has 0 radical (unpaired) electrons. The third-order valence-electron chi connectivity index (χ3n) is 9.75. The quantitative estimate of drug-likeness (QED) is 0.0533. The highest BCUT2D eigenvalue weighted by Crippen LogP contribution is 2.51. The van der Waals surface area contributed by atoms with E-state index >= 15 is 0 Å². The van der Waals surface area contributed by atoms with Crippen molar-refractivity contribution in [3.63, 3.8) is 0 Å². The minimum atomic E-state index is -2.27. The van der Waals surface area contributed by atoms with Gasteiger partial charge in [-0.25, -0.2) is 9.59 Å². The van der Waals surface area contributed by atoms with Crippen LogP contribution in [0.4, 0.5) is 0 Å².